The van der Waals surface area contributed by atoms with E-state index in [1.165, 1.54) is 12.8 Å². The summed E-state index contributed by atoms with van der Waals surface area (Å²) in [6.45, 7) is 1.84. The Labute approximate surface area is 146 Å². The lowest BCUT2D eigenvalue weighted by Crippen LogP contribution is -2.21. The van der Waals surface area contributed by atoms with Gasteiger partial charge in [0.05, 0.1) is 11.4 Å². The van der Waals surface area contributed by atoms with Gasteiger partial charge in [0.25, 0.3) is 11.8 Å². The number of amides is 2. The van der Waals surface area contributed by atoms with Crippen LogP contribution in [-0.4, -0.2) is 31.5 Å². The van der Waals surface area contributed by atoms with Gasteiger partial charge in [0, 0.05) is 18.7 Å². The SMILES string of the molecule is NC(=O)COc1ccc(C(=O)Nc2ccccc2N2CCCC2)cc1. The first-order chi connectivity index (χ1) is 12.1. The van der Waals surface area contributed by atoms with Crippen LogP contribution >= 0.6 is 0 Å². The molecular weight excluding hydrogens is 318 g/mol. The van der Waals surface area contributed by atoms with Crippen LogP contribution in [0.5, 0.6) is 5.75 Å². The minimum absolute atomic E-state index is 0.186. The molecule has 0 radical (unpaired) electrons. The van der Waals surface area contributed by atoms with Gasteiger partial charge in [0.15, 0.2) is 6.61 Å². The molecule has 0 bridgehead atoms. The van der Waals surface area contributed by atoms with Gasteiger partial charge in [0.2, 0.25) is 0 Å². The van der Waals surface area contributed by atoms with Gasteiger partial charge in [-0.25, -0.2) is 0 Å². The zero-order valence-electron chi connectivity index (χ0n) is 13.9. The molecular formula is C19H21N3O3. The third kappa shape index (κ3) is 4.29. The number of carbonyl (C=O) groups is 2. The Morgan fingerprint density at radius 2 is 1.72 bits per heavy atom. The lowest BCUT2D eigenvalue weighted by molar-refractivity contribution is -0.119. The van der Waals surface area contributed by atoms with Crippen LogP contribution in [0.1, 0.15) is 23.2 Å². The molecule has 1 aliphatic heterocycles. The molecule has 6 nitrogen and oxygen atoms in total. The molecule has 1 fully saturated rings. The Bertz CT molecular complexity index is 753. The average Bonchev–Trinajstić information content (AvgIpc) is 3.15. The molecule has 0 atom stereocenters. The van der Waals surface area contributed by atoms with Crippen molar-refractivity contribution in [1.82, 2.24) is 0 Å². The number of ether oxygens (including phenoxy) is 1. The number of primary amides is 1. The van der Waals surface area contributed by atoms with Gasteiger partial charge in [-0.05, 0) is 49.2 Å². The highest BCUT2D eigenvalue weighted by Crippen LogP contribution is 2.29. The Balaban J connectivity index is 1.69. The molecule has 0 aliphatic carbocycles. The molecule has 0 aromatic heterocycles. The number of nitrogens with two attached hydrogens (primary N) is 1. The second-order valence-corrected chi connectivity index (χ2v) is 5.94. The molecule has 0 spiro atoms. The van der Waals surface area contributed by atoms with Crippen LogP contribution in [0.25, 0.3) is 0 Å². The van der Waals surface area contributed by atoms with Crippen LogP contribution in [-0.2, 0) is 4.79 Å². The Kier molecular flexibility index (Phi) is 5.18. The van der Waals surface area contributed by atoms with E-state index in [2.05, 4.69) is 10.2 Å². The minimum atomic E-state index is -0.541. The molecule has 2 aromatic carbocycles. The number of hydrogen-bond acceptors (Lipinski definition) is 4. The quantitative estimate of drug-likeness (QED) is 0.846. The molecule has 6 heteroatoms. The molecule has 1 heterocycles. The maximum Gasteiger partial charge on any atom is 0.255 e. The lowest BCUT2D eigenvalue weighted by Gasteiger charge is -2.21. The highest BCUT2D eigenvalue weighted by molar-refractivity contribution is 6.06. The van der Waals surface area contributed by atoms with E-state index in [0.717, 1.165) is 24.5 Å². The van der Waals surface area contributed by atoms with E-state index < -0.39 is 5.91 Å². The number of rotatable bonds is 6. The first kappa shape index (κ1) is 16.8. The van der Waals surface area contributed by atoms with Gasteiger partial charge in [0.1, 0.15) is 5.75 Å². The predicted molar refractivity (Wildman–Crippen MR) is 97.0 cm³/mol. The first-order valence-electron chi connectivity index (χ1n) is 8.30. The number of para-hydroxylation sites is 2. The standard InChI is InChI=1S/C19H21N3O3/c20-18(23)13-25-15-9-7-14(8-10-15)19(24)21-16-5-1-2-6-17(16)22-11-3-4-12-22/h1-2,5-10H,3-4,11-13H2,(H2,20,23)(H,21,24). The van der Waals surface area contributed by atoms with Crippen molar-refractivity contribution < 1.29 is 14.3 Å². The van der Waals surface area contributed by atoms with Crippen LogP contribution in [0.3, 0.4) is 0 Å². The van der Waals surface area contributed by atoms with Crippen molar-refractivity contribution in [2.75, 3.05) is 29.9 Å². The number of carbonyl (C=O) groups excluding carboxylic acids is 2. The number of hydrogen-bond donors (Lipinski definition) is 2. The van der Waals surface area contributed by atoms with E-state index in [9.17, 15) is 9.59 Å². The molecule has 130 valence electrons. The third-order valence-electron chi connectivity index (χ3n) is 4.10. The molecule has 2 amide bonds. The summed E-state index contributed by atoms with van der Waals surface area (Å²) in [5.41, 5.74) is 7.41. The highest BCUT2D eigenvalue weighted by Gasteiger charge is 2.17. The Morgan fingerprint density at radius 1 is 1.04 bits per heavy atom. The van der Waals surface area contributed by atoms with Crippen LogP contribution < -0.4 is 20.7 Å². The van der Waals surface area contributed by atoms with Gasteiger partial charge >= 0.3 is 0 Å². The van der Waals surface area contributed by atoms with Crippen molar-refractivity contribution in [3.05, 3.63) is 54.1 Å². The van der Waals surface area contributed by atoms with Crippen molar-refractivity contribution in [2.24, 2.45) is 5.73 Å². The minimum Gasteiger partial charge on any atom is -0.484 e. The van der Waals surface area contributed by atoms with E-state index in [0.29, 0.717) is 11.3 Å². The van der Waals surface area contributed by atoms with Crippen molar-refractivity contribution in [2.45, 2.75) is 12.8 Å². The maximum atomic E-state index is 12.5. The molecule has 1 aliphatic rings. The van der Waals surface area contributed by atoms with E-state index in [-0.39, 0.29) is 12.5 Å². The topological polar surface area (TPSA) is 84.7 Å². The fraction of sp³-hybridized carbons (Fsp3) is 0.263. The van der Waals surface area contributed by atoms with Gasteiger partial charge in [-0.2, -0.15) is 0 Å². The van der Waals surface area contributed by atoms with E-state index in [1.54, 1.807) is 24.3 Å². The average molecular weight is 339 g/mol. The smallest absolute Gasteiger partial charge is 0.255 e. The molecule has 2 aromatic rings. The van der Waals surface area contributed by atoms with Crippen molar-refractivity contribution >= 4 is 23.2 Å². The number of nitrogens with one attached hydrogen (secondary N) is 1. The monoisotopic (exact) mass is 339 g/mol. The van der Waals surface area contributed by atoms with E-state index in [4.69, 9.17) is 10.5 Å². The fourth-order valence-corrected chi connectivity index (χ4v) is 2.86. The Morgan fingerprint density at radius 3 is 2.40 bits per heavy atom. The van der Waals surface area contributed by atoms with Crippen molar-refractivity contribution in [1.29, 1.82) is 0 Å². The van der Waals surface area contributed by atoms with Crippen LogP contribution in [0.4, 0.5) is 11.4 Å². The summed E-state index contributed by atoms with van der Waals surface area (Å²) in [4.78, 5) is 25.5. The van der Waals surface area contributed by atoms with Gasteiger partial charge in [-0.1, -0.05) is 12.1 Å². The van der Waals surface area contributed by atoms with Crippen LogP contribution in [0.2, 0.25) is 0 Å². The number of anilines is 2. The van der Waals surface area contributed by atoms with Gasteiger partial charge < -0.3 is 20.7 Å². The zero-order chi connectivity index (χ0) is 17.6. The largest absolute Gasteiger partial charge is 0.484 e. The van der Waals surface area contributed by atoms with Crippen LogP contribution in [0.15, 0.2) is 48.5 Å². The summed E-state index contributed by atoms with van der Waals surface area (Å²) in [5.74, 6) is -0.235. The van der Waals surface area contributed by atoms with Crippen molar-refractivity contribution in [3.8, 4) is 5.75 Å². The molecule has 3 rings (SSSR count). The van der Waals surface area contributed by atoms with Crippen LogP contribution in [0, 0.1) is 0 Å². The summed E-state index contributed by atoms with van der Waals surface area (Å²) in [6, 6.07) is 14.4. The van der Waals surface area contributed by atoms with E-state index in [1.807, 2.05) is 24.3 Å². The normalized spacial score (nSPS) is 13.5. The molecule has 25 heavy (non-hydrogen) atoms. The molecule has 3 N–H and O–H groups in total. The maximum absolute atomic E-state index is 12.5. The summed E-state index contributed by atoms with van der Waals surface area (Å²) in [7, 11) is 0. The van der Waals surface area contributed by atoms with E-state index >= 15 is 0 Å². The lowest BCUT2D eigenvalue weighted by atomic mass is 10.2. The van der Waals surface area contributed by atoms with Gasteiger partial charge in [-0.3, -0.25) is 9.59 Å². The number of benzene rings is 2. The fourth-order valence-electron chi connectivity index (χ4n) is 2.86. The zero-order valence-corrected chi connectivity index (χ0v) is 13.9. The summed E-state index contributed by atoms with van der Waals surface area (Å²) in [6.07, 6.45) is 2.35. The molecule has 0 unspecified atom stereocenters. The second-order valence-electron chi connectivity index (χ2n) is 5.94. The summed E-state index contributed by atoms with van der Waals surface area (Å²) < 4.78 is 5.19. The molecule has 0 saturated carbocycles. The third-order valence-corrected chi connectivity index (χ3v) is 4.10. The van der Waals surface area contributed by atoms with Gasteiger partial charge in [-0.15, -0.1) is 0 Å². The number of nitrogens with zero attached hydrogens (tertiary/aromatic N) is 1. The summed E-state index contributed by atoms with van der Waals surface area (Å²) in [5, 5.41) is 2.98. The predicted octanol–water partition coefficient (Wildman–Crippen LogP) is 2.40. The highest BCUT2D eigenvalue weighted by atomic mass is 16.5. The van der Waals surface area contributed by atoms with Crippen molar-refractivity contribution in [3.63, 3.8) is 0 Å². The second kappa shape index (κ2) is 7.70. The summed E-state index contributed by atoms with van der Waals surface area (Å²) >= 11 is 0. The first-order valence-corrected chi connectivity index (χ1v) is 8.30. The Hall–Kier alpha value is -3.02. The molecule has 1 saturated heterocycles.